The van der Waals surface area contributed by atoms with E-state index >= 15 is 0 Å². The molecule has 1 heterocycles. The van der Waals surface area contributed by atoms with Gasteiger partial charge in [-0.25, -0.2) is 0 Å². The fourth-order valence-electron chi connectivity index (χ4n) is 2.88. The Kier molecular flexibility index (Phi) is 4.95. The molecule has 2 aromatic carbocycles. The van der Waals surface area contributed by atoms with Crippen LogP contribution >= 0.6 is 11.6 Å². The van der Waals surface area contributed by atoms with Crippen molar-refractivity contribution < 1.29 is 14.3 Å². The number of benzene rings is 2. The average Bonchev–Trinajstić information content (AvgIpc) is 2.60. The fourth-order valence-corrected chi connectivity index (χ4v) is 3.18. The maximum Gasteiger partial charge on any atom is 0.263 e. The third-order valence-corrected chi connectivity index (χ3v) is 4.52. The molecule has 0 radical (unpaired) electrons. The van der Waals surface area contributed by atoms with Gasteiger partial charge in [-0.2, -0.15) is 0 Å². The van der Waals surface area contributed by atoms with E-state index in [1.807, 2.05) is 37.3 Å². The van der Waals surface area contributed by atoms with Gasteiger partial charge in [0.25, 0.3) is 5.91 Å². The first-order chi connectivity index (χ1) is 12.0. The molecule has 2 aromatic rings. The van der Waals surface area contributed by atoms with Gasteiger partial charge in [-0.1, -0.05) is 41.9 Å². The summed E-state index contributed by atoms with van der Waals surface area (Å²) in [6, 6.07) is 14.3. The van der Waals surface area contributed by atoms with Crippen LogP contribution in [0.5, 0.6) is 5.75 Å². The molecule has 6 heteroatoms. The van der Waals surface area contributed by atoms with Crippen LogP contribution < -0.4 is 15.0 Å². The largest absolute Gasteiger partial charge is 0.477 e. The van der Waals surface area contributed by atoms with Crippen molar-refractivity contribution in [3.05, 3.63) is 59.1 Å². The summed E-state index contributed by atoms with van der Waals surface area (Å²) in [5, 5.41) is 3.50. The molecule has 1 N–H and O–H groups in total. The van der Waals surface area contributed by atoms with E-state index in [-0.39, 0.29) is 24.4 Å². The number of anilines is 1. The topological polar surface area (TPSA) is 58.6 Å². The molecule has 2 amide bonds. The summed E-state index contributed by atoms with van der Waals surface area (Å²) in [5.41, 5.74) is 1.51. The first kappa shape index (κ1) is 17.3. The van der Waals surface area contributed by atoms with E-state index in [0.717, 1.165) is 5.56 Å². The predicted octanol–water partition coefficient (Wildman–Crippen LogP) is 3.33. The molecule has 5 nitrogen and oxygen atoms in total. The van der Waals surface area contributed by atoms with Crippen LogP contribution in [0.3, 0.4) is 0 Å². The number of fused-ring (bicyclic) bond motifs is 1. The molecular formula is C19H19ClN2O3. The second-order valence-corrected chi connectivity index (χ2v) is 6.36. The van der Waals surface area contributed by atoms with E-state index in [1.165, 1.54) is 6.92 Å². The normalized spacial score (nSPS) is 17.2. The Bertz CT molecular complexity index is 809. The Hall–Kier alpha value is -2.53. The Morgan fingerprint density at radius 2 is 1.88 bits per heavy atom. The number of hydrogen-bond donors (Lipinski definition) is 1. The summed E-state index contributed by atoms with van der Waals surface area (Å²) in [5.74, 6) is 0.107. The molecular weight excluding hydrogens is 340 g/mol. The molecule has 1 aliphatic rings. The Balaban J connectivity index is 1.77. The number of ether oxygens (including phenoxy) is 1. The van der Waals surface area contributed by atoms with Crippen LogP contribution in [0.15, 0.2) is 48.5 Å². The van der Waals surface area contributed by atoms with Gasteiger partial charge in [-0.05, 0) is 30.7 Å². The Morgan fingerprint density at radius 3 is 2.60 bits per heavy atom. The van der Waals surface area contributed by atoms with Crippen molar-refractivity contribution in [2.75, 3.05) is 11.4 Å². The van der Waals surface area contributed by atoms with Crippen molar-refractivity contribution in [2.45, 2.75) is 26.0 Å². The highest BCUT2D eigenvalue weighted by molar-refractivity contribution is 6.31. The fraction of sp³-hybridized carbons (Fsp3) is 0.263. The molecule has 1 aliphatic heterocycles. The second-order valence-electron chi connectivity index (χ2n) is 5.96. The lowest BCUT2D eigenvalue weighted by Crippen LogP contribution is -2.50. The standard InChI is InChI=1S/C19H19ClN2O3/c1-12(14-7-3-4-8-15(14)20)21-19(24)18-11-22(13(2)23)16-9-5-6-10-17(16)25-18/h3-10,12,18H,11H2,1-2H3,(H,21,24). The molecule has 0 aromatic heterocycles. The maximum absolute atomic E-state index is 12.7. The zero-order valence-corrected chi connectivity index (χ0v) is 14.8. The van der Waals surface area contributed by atoms with E-state index in [2.05, 4.69) is 5.32 Å². The monoisotopic (exact) mass is 358 g/mol. The number of para-hydroxylation sites is 2. The quantitative estimate of drug-likeness (QED) is 0.915. The van der Waals surface area contributed by atoms with Gasteiger partial charge in [-0.15, -0.1) is 0 Å². The van der Waals surface area contributed by atoms with Gasteiger partial charge in [0.15, 0.2) is 6.10 Å². The third kappa shape index (κ3) is 3.61. The van der Waals surface area contributed by atoms with Gasteiger partial charge in [0.1, 0.15) is 5.75 Å². The maximum atomic E-state index is 12.7. The first-order valence-electron chi connectivity index (χ1n) is 8.06. The highest BCUT2D eigenvalue weighted by atomic mass is 35.5. The van der Waals surface area contributed by atoms with Crippen LogP contribution in [0.25, 0.3) is 0 Å². The van der Waals surface area contributed by atoms with Crippen LogP contribution in [0.2, 0.25) is 5.02 Å². The summed E-state index contributed by atoms with van der Waals surface area (Å²) < 4.78 is 5.80. The smallest absolute Gasteiger partial charge is 0.263 e. The van der Waals surface area contributed by atoms with E-state index in [9.17, 15) is 9.59 Å². The number of hydrogen-bond acceptors (Lipinski definition) is 3. The van der Waals surface area contributed by atoms with Gasteiger partial charge >= 0.3 is 0 Å². The lowest BCUT2D eigenvalue weighted by molar-refractivity contribution is -0.129. The highest BCUT2D eigenvalue weighted by Crippen LogP contribution is 2.33. The van der Waals surface area contributed by atoms with Crippen molar-refractivity contribution in [1.82, 2.24) is 5.32 Å². The highest BCUT2D eigenvalue weighted by Gasteiger charge is 2.33. The van der Waals surface area contributed by atoms with Crippen molar-refractivity contribution in [3.63, 3.8) is 0 Å². The first-order valence-corrected chi connectivity index (χ1v) is 8.43. The number of carbonyl (C=O) groups excluding carboxylic acids is 2. The van der Waals surface area contributed by atoms with Crippen molar-refractivity contribution in [2.24, 2.45) is 0 Å². The molecule has 0 fully saturated rings. The van der Waals surface area contributed by atoms with Crippen molar-refractivity contribution in [1.29, 1.82) is 0 Å². The number of amides is 2. The molecule has 2 atom stereocenters. The van der Waals surface area contributed by atoms with Crippen LogP contribution in [-0.2, 0) is 9.59 Å². The van der Waals surface area contributed by atoms with E-state index < -0.39 is 6.10 Å². The number of rotatable bonds is 3. The van der Waals surface area contributed by atoms with Crippen molar-refractivity contribution in [3.8, 4) is 5.75 Å². The van der Waals surface area contributed by atoms with Gasteiger partial charge in [0.2, 0.25) is 5.91 Å². The minimum Gasteiger partial charge on any atom is -0.477 e. The lowest BCUT2D eigenvalue weighted by Gasteiger charge is -2.34. The SMILES string of the molecule is CC(=O)N1CC(C(=O)NC(C)c2ccccc2Cl)Oc2ccccc21. The summed E-state index contributed by atoms with van der Waals surface area (Å²) in [6.07, 6.45) is -0.774. The van der Waals surface area contributed by atoms with Crippen LogP contribution in [-0.4, -0.2) is 24.5 Å². The third-order valence-electron chi connectivity index (χ3n) is 4.18. The number of nitrogens with one attached hydrogen (secondary N) is 1. The van der Waals surface area contributed by atoms with Crippen LogP contribution in [0.4, 0.5) is 5.69 Å². The molecule has 0 saturated heterocycles. The van der Waals surface area contributed by atoms with Crippen molar-refractivity contribution >= 4 is 29.1 Å². The zero-order chi connectivity index (χ0) is 18.0. The van der Waals surface area contributed by atoms with E-state index in [4.69, 9.17) is 16.3 Å². The van der Waals surface area contributed by atoms with E-state index in [1.54, 1.807) is 23.1 Å². The predicted molar refractivity (Wildman–Crippen MR) is 96.9 cm³/mol. The summed E-state index contributed by atoms with van der Waals surface area (Å²) in [6.45, 7) is 3.51. The molecule has 0 bridgehead atoms. The van der Waals surface area contributed by atoms with Gasteiger partial charge < -0.3 is 15.0 Å². The molecule has 25 heavy (non-hydrogen) atoms. The molecule has 3 rings (SSSR count). The number of nitrogens with zero attached hydrogens (tertiary/aromatic N) is 1. The summed E-state index contributed by atoms with van der Waals surface area (Å²) >= 11 is 6.18. The van der Waals surface area contributed by atoms with Gasteiger partial charge in [0, 0.05) is 11.9 Å². The van der Waals surface area contributed by atoms with Gasteiger partial charge in [0.05, 0.1) is 18.3 Å². The molecule has 0 spiro atoms. The van der Waals surface area contributed by atoms with E-state index in [0.29, 0.717) is 16.5 Å². The summed E-state index contributed by atoms with van der Waals surface area (Å²) in [7, 11) is 0. The second kappa shape index (κ2) is 7.15. The zero-order valence-electron chi connectivity index (χ0n) is 14.0. The number of halogens is 1. The Morgan fingerprint density at radius 1 is 1.20 bits per heavy atom. The minimum atomic E-state index is -0.774. The molecule has 2 unspecified atom stereocenters. The molecule has 130 valence electrons. The lowest BCUT2D eigenvalue weighted by atomic mass is 10.1. The Labute approximate surface area is 151 Å². The minimum absolute atomic E-state index is 0.132. The van der Waals surface area contributed by atoms with Crippen LogP contribution in [0, 0.1) is 0 Å². The van der Waals surface area contributed by atoms with Crippen LogP contribution in [0.1, 0.15) is 25.5 Å². The molecule has 0 aliphatic carbocycles. The number of carbonyl (C=O) groups is 2. The average molecular weight is 359 g/mol. The molecule has 0 saturated carbocycles. The summed E-state index contributed by atoms with van der Waals surface area (Å²) in [4.78, 5) is 26.2. The van der Waals surface area contributed by atoms with Gasteiger partial charge in [-0.3, -0.25) is 9.59 Å².